The predicted molar refractivity (Wildman–Crippen MR) is 66.0 cm³/mol. The van der Waals surface area contributed by atoms with Gasteiger partial charge in [-0.2, -0.15) is 0 Å². The molecule has 17 heavy (non-hydrogen) atoms. The van der Waals surface area contributed by atoms with Crippen LogP contribution in [-0.4, -0.2) is 23.1 Å². The predicted octanol–water partition coefficient (Wildman–Crippen LogP) is 2.55. The van der Waals surface area contributed by atoms with Crippen LogP contribution in [0, 0.1) is 11.7 Å². The Bertz CT molecular complexity index is 372. The van der Waals surface area contributed by atoms with Gasteiger partial charge in [-0.3, -0.25) is 4.90 Å². The number of likely N-dealkylation sites (tertiary alicyclic amines) is 1. The second-order valence-corrected chi connectivity index (χ2v) is 5.01. The van der Waals surface area contributed by atoms with E-state index in [-0.39, 0.29) is 12.4 Å². The summed E-state index contributed by atoms with van der Waals surface area (Å²) in [5.41, 5.74) is 1.10. The first-order valence-corrected chi connectivity index (χ1v) is 6.30. The van der Waals surface area contributed by atoms with Gasteiger partial charge in [0.2, 0.25) is 0 Å². The van der Waals surface area contributed by atoms with Crippen LogP contribution in [0.2, 0.25) is 0 Å². The van der Waals surface area contributed by atoms with Crippen LogP contribution in [0.1, 0.15) is 30.9 Å². The molecule has 2 rings (SSSR count). The molecule has 0 amide bonds. The molecule has 1 aliphatic rings. The van der Waals surface area contributed by atoms with Gasteiger partial charge in [0, 0.05) is 17.7 Å². The van der Waals surface area contributed by atoms with Gasteiger partial charge in [0.25, 0.3) is 0 Å². The van der Waals surface area contributed by atoms with E-state index in [1.165, 1.54) is 12.8 Å². The minimum absolute atomic E-state index is 0.225. The standard InChI is InChI=1S/C14H20FNO/c1-11-5-7-16(8-6-11)9-12-3-2-4-13(10-17)14(12)15/h2-4,11,17H,5-10H2,1H3. The van der Waals surface area contributed by atoms with Crippen molar-refractivity contribution in [2.75, 3.05) is 13.1 Å². The number of rotatable bonds is 3. The van der Waals surface area contributed by atoms with Crippen LogP contribution in [0.4, 0.5) is 4.39 Å². The highest BCUT2D eigenvalue weighted by Crippen LogP contribution is 2.20. The van der Waals surface area contributed by atoms with Gasteiger partial charge in [-0.1, -0.05) is 25.1 Å². The molecule has 0 unspecified atom stereocenters. The largest absolute Gasteiger partial charge is 0.392 e. The van der Waals surface area contributed by atoms with Crippen LogP contribution in [0.5, 0.6) is 0 Å². The molecule has 1 N–H and O–H groups in total. The van der Waals surface area contributed by atoms with E-state index in [0.717, 1.165) is 19.0 Å². The summed E-state index contributed by atoms with van der Waals surface area (Å²) >= 11 is 0. The molecule has 0 radical (unpaired) electrons. The molecular weight excluding hydrogens is 217 g/mol. The third-order valence-electron chi connectivity index (χ3n) is 3.60. The fourth-order valence-corrected chi connectivity index (χ4v) is 2.34. The quantitative estimate of drug-likeness (QED) is 0.873. The Morgan fingerprint density at radius 1 is 1.29 bits per heavy atom. The normalized spacial score (nSPS) is 18.5. The lowest BCUT2D eigenvalue weighted by molar-refractivity contribution is 0.183. The maximum Gasteiger partial charge on any atom is 0.133 e. The second kappa shape index (κ2) is 5.61. The molecule has 0 bridgehead atoms. The number of nitrogens with zero attached hydrogens (tertiary/aromatic N) is 1. The number of hydrogen-bond acceptors (Lipinski definition) is 2. The first-order chi connectivity index (χ1) is 8.20. The van der Waals surface area contributed by atoms with Crippen molar-refractivity contribution in [3.63, 3.8) is 0 Å². The van der Waals surface area contributed by atoms with Crippen LogP contribution in [0.25, 0.3) is 0 Å². The van der Waals surface area contributed by atoms with Gasteiger partial charge in [0.05, 0.1) is 6.61 Å². The maximum atomic E-state index is 13.9. The molecular formula is C14H20FNO. The molecule has 0 saturated carbocycles. The minimum Gasteiger partial charge on any atom is -0.392 e. The molecule has 1 aliphatic heterocycles. The number of halogens is 1. The number of aliphatic hydroxyl groups excluding tert-OH is 1. The molecule has 2 nitrogen and oxygen atoms in total. The van der Waals surface area contributed by atoms with Gasteiger partial charge in [-0.05, 0) is 31.8 Å². The summed E-state index contributed by atoms with van der Waals surface area (Å²) in [4.78, 5) is 2.29. The molecule has 0 aliphatic carbocycles. The Hall–Kier alpha value is -0.930. The minimum atomic E-state index is -0.242. The summed E-state index contributed by atoms with van der Waals surface area (Å²) in [6, 6.07) is 5.26. The van der Waals surface area contributed by atoms with E-state index in [1.54, 1.807) is 6.07 Å². The molecule has 0 aromatic heterocycles. The number of piperidine rings is 1. The van der Waals surface area contributed by atoms with Crippen LogP contribution >= 0.6 is 0 Å². The fraction of sp³-hybridized carbons (Fsp3) is 0.571. The second-order valence-electron chi connectivity index (χ2n) is 5.01. The van der Waals surface area contributed by atoms with Crippen LogP contribution in [-0.2, 0) is 13.2 Å². The maximum absolute atomic E-state index is 13.9. The fourth-order valence-electron chi connectivity index (χ4n) is 2.34. The lowest BCUT2D eigenvalue weighted by atomic mass is 9.98. The van der Waals surface area contributed by atoms with E-state index in [1.807, 2.05) is 12.1 Å². The van der Waals surface area contributed by atoms with Crippen LogP contribution < -0.4 is 0 Å². The average Bonchev–Trinajstić information content (AvgIpc) is 2.35. The van der Waals surface area contributed by atoms with Crippen LogP contribution in [0.3, 0.4) is 0 Å². The summed E-state index contributed by atoms with van der Waals surface area (Å²) in [5.74, 6) is 0.550. The first-order valence-electron chi connectivity index (χ1n) is 6.30. The van der Waals surface area contributed by atoms with Gasteiger partial charge in [-0.25, -0.2) is 4.39 Å². The molecule has 0 atom stereocenters. The van der Waals surface area contributed by atoms with Gasteiger partial charge < -0.3 is 5.11 Å². The Kier molecular flexibility index (Phi) is 4.13. The molecule has 1 fully saturated rings. The van der Waals surface area contributed by atoms with E-state index in [2.05, 4.69) is 11.8 Å². The van der Waals surface area contributed by atoms with E-state index in [0.29, 0.717) is 17.7 Å². The van der Waals surface area contributed by atoms with Crippen molar-refractivity contribution < 1.29 is 9.50 Å². The average molecular weight is 237 g/mol. The van der Waals surface area contributed by atoms with E-state index >= 15 is 0 Å². The lowest BCUT2D eigenvalue weighted by Gasteiger charge is -2.30. The monoisotopic (exact) mass is 237 g/mol. The van der Waals surface area contributed by atoms with Crippen LogP contribution in [0.15, 0.2) is 18.2 Å². The zero-order chi connectivity index (χ0) is 12.3. The summed E-state index contributed by atoms with van der Waals surface area (Å²) in [5, 5.41) is 9.03. The Labute approximate surface area is 102 Å². The van der Waals surface area contributed by atoms with Crippen molar-refractivity contribution in [2.24, 2.45) is 5.92 Å². The zero-order valence-electron chi connectivity index (χ0n) is 10.3. The topological polar surface area (TPSA) is 23.5 Å². The van der Waals surface area contributed by atoms with Gasteiger partial charge in [0.15, 0.2) is 0 Å². The van der Waals surface area contributed by atoms with Crippen molar-refractivity contribution in [1.29, 1.82) is 0 Å². The smallest absolute Gasteiger partial charge is 0.133 e. The van der Waals surface area contributed by atoms with Gasteiger partial charge in [0.1, 0.15) is 5.82 Å². The SMILES string of the molecule is CC1CCN(Cc2cccc(CO)c2F)CC1. The molecule has 94 valence electrons. The molecule has 1 saturated heterocycles. The molecule has 1 heterocycles. The summed E-state index contributed by atoms with van der Waals surface area (Å²) in [7, 11) is 0. The summed E-state index contributed by atoms with van der Waals surface area (Å²) < 4.78 is 13.9. The molecule has 1 aromatic carbocycles. The highest BCUT2D eigenvalue weighted by molar-refractivity contribution is 5.25. The van der Waals surface area contributed by atoms with Gasteiger partial charge >= 0.3 is 0 Å². The summed E-state index contributed by atoms with van der Waals surface area (Å²) in [6.07, 6.45) is 2.39. The molecule has 1 aromatic rings. The lowest BCUT2D eigenvalue weighted by Crippen LogP contribution is -2.32. The van der Waals surface area contributed by atoms with Crippen molar-refractivity contribution >= 4 is 0 Å². The Morgan fingerprint density at radius 2 is 1.94 bits per heavy atom. The highest BCUT2D eigenvalue weighted by atomic mass is 19.1. The number of hydrogen-bond donors (Lipinski definition) is 1. The zero-order valence-corrected chi connectivity index (χ0v) is 10.3. The van der Waals surface area contributed by atoms with Crippen molar-refractivity contribution in [1.82, 2.24) is 4.90 Å². The van der Waals surface area contributed by atoms with E-state index in [9.17, 15) is 4.39 Å². The number of benzene rings is 1. The van der Waals surface area contributed by atoms with E-state index < -0.39 is 0 Å². The summed E-state index contributed by atoms with van der Waals surface area (Å²) in [6.45, 7) is 4.79. The highest BCUT2D eigenvalue weighted by Gasteiger charge is 2.17. The first kappa shape index (κ1) is 12.5. The number of aliphatic hydroxyl groups is 1. The van der Waals surface area contributed by atoms with Crippen molar-refractivity contribution in [3.8, 4) is 0 Å². The van der Waals surface area contributed by atoms with E-state index in [4.69, 9.17) is 5.11 Å². The Balaban J connectivity index is 2.03. The third-order valence-corrected chi connectivity index (χ3v) is 3.60. The Morgan fingerprint density at radius 3 is 2.59 bits per heavy atom. The van der Waals surface area contributed by atoms with Crippen molar-refractivity contribution in [3.05, 3.63) is 35.1 Å². The molecule has 3 heteroatoms. The van der Waals surface area contributed by atoms with Gasteiger partial charge in [-0.15, -0.1) is 0 Å². The van der Waals surface area contributed by atoms with Crippen molar-refractivity contribution in [2.45, 2.75) is 32.9 Å². The third kappa shape index (κ3) is 3.05. The molecule has 0 spiro atoms.